The number of rotatable bonds is 8. The zero-order chi connectivity index (χ0) is 19.1. The highest BCUT2D eigenvalue weighted by Gasteiger charge is 2.18. The van der Waals surface area contributed by atoms with Crippen LogP contribution in [0.4, 0.5) is 0 Å². The second kappa shape index (κ2) is 9.64. The lowest BCUT2D eigenvalue weighted by Crippen LogP contribution is -2.46. The molecule has 0 unspecified atom stereocenters. The lowest BCUT2D eigenvalue weighted by molar-refractivity contribution is -0.120. The molecule has 3 N–H and O–H groups in total. The first-order valence-corrected chi connectivity index (χ1v) is 11.3. The molecule has 150 valence electrons. The van der Waals surface area contributed by atoms with Gasteiger partial charge in [0, 0.05) is 52.2 Å². The number of carbonyl (C=O) groups is 1. The van der Waals surface area contributed by atoms with Gasteiger partial charge in [0.25, 0.3) is 0 Å². The number of hydrogen-bond donors (Lipinski definition) is 3. The van der Waals surface area contributed by atoms with Crippen molar-refractivity contribution in [2.45, 2.75) is 37.0 Å². The van der Waals surface area contributed by atoms with E-state index in [0.29, 0.717) is 11.4 Å². The number of nitrogens with zero attached hydrogens (tertiary/aromatic N) is 1. The van der Waals surface area contributed by atoms with E-state index in [1.54, 1.807) is 12.1 Å². The van der Waals surface area contributed by atoms with Crippen LogP contribution in [0.15, 0.2) is 23.1 Å². The Hall–Kier alpha value is -1.48. The molecular weight excluding hydrogens is 364 g/mol. The quantitative estimate of drug-likeness (QED) is 0.588. The van der Waals surface area contributed by atoms with Gasteiger partial charge in [-0.1, -0.05) is 6.07 Å². The molecule has 0 aromatic heterocycles. The van der Waals surface area contributed by atoms with Gasteiger partial charge in [-0.15, -0.1) is 0 Å². The standard InChI is InChI=1S/C19H30N4O3S/c24-19(21-11-14-23-12-9-20-10-13-23)7-8-22-27(25,26)18-6-5-16-3-1-2-4-17(16)15-18/h5-6,15,20,22H,1-4,7-14H2,(H,21,24). The van der Waals surface area contributed by atoms with Crippen LogP contribution in [0.5, 0.6) is 0 Å². The fourth-order valence-corrected chi connectivity index (χ4v) is 4.72. The predicted octanol–water partition coefficient (Wildman–Crippen LogP) is 0.255. The van der Waals surface area contributed by atoms with E-state index >= 15 is 0 Å². The largest absolute Gasteiger partial charge is 0.355 e. The molecule has 2 aliphatic rings. The molecule has 3 rings (SSSR count). The molecule has 27 heavy (non-hydrogen) atoms. The van der Waals surface area contributed by atoms with Crippen LogP contribution in [-0.2, 0) is 27.7 Å². The summed E-state index contributed by atoms with van der Waals surface area (Å²) in [4.78, 5) is 14.5. The molecule has 0 spiro atoms. The zero-order valence-corrected chi connectivity index (χ0v) is 16.6. The average molecular weight is 395 g/mol. The van der Waals surface area contributed by atoms with Crippen molar-refractivity contribution < 1.29 is 13.2 Å². The summed E-state index contributed by atoms with van der Waals surface area (Å²) >= 11 is 0. The third-order valence-corrected chi connectivity index (χ3v) is 6.69. The van der Waals surface area contributed by atoms with E-state index in [9.17, 15) is 13.2 Å². The molecule has 1 aromatic rings. The van der Waals surface area contributed by atoms with Gasteiger partial charge in [-0.2, -0.15) is 0 Å². The summed E-state index contributed by atoms with van der Waals surface area (Å²) < 4.78 is 27.5. The van der Waals surface area contributed by atoms with E-state index in [1.807, 2.05) is 6.07 Å². The molecule has 0 radical (unpaired) electrons. The van der Waals surface area contributed by atoms with Gasteiger partial charge >= 0.3 is 0 Å². The normalized spacial score (nSPS) is 18.1. The minimum atomic E-state index is -3.57. The number of fused-ring (bicyclic) bond motifs is 1. The maximum absolute atomic E-state index is 12.5. The second-order valence-electron chi connectivity index (χ2n) is 7.23. The van der Waals surface area contributed by atoms with Crippen LogP contribution >= 0.6 is 0 Å². The first-order valence-electron chi connectivity index (χ1n) is 9.86. The summed E-state index contributed by atoms with van der Waals surface area (Å²) in [5, 5.41) is 6.15. The summed E-state index contributed by atoms with van der Waals surface area (Å²) in [6.07, 6.45) is 4.39. The molecule has 1 heterocycles. The smallest absolute Gasteiger partial charge is 0.240 e. The van der Waals surface area contributed by atoms with Crippen molar-refractivity contribution in [3.05, 3.63) is 29.3 Å². The summed E-state index contributed by atoms with van der Waals surface area (Å²) in [7, 11) is -3.57. The summed E-state index contributed by atoms with van der Waals surface area (Å²) in [5.41, 5.74) is 2.39. The Kier molecular flexibility index (Phi) is 7.23. The van der Waals surface area contributed by atoms with Crippen molar-refractivity contribution >= 4 is 15.9 Å². The molecule has 1 aliphatic carbocycles. The van der Waals surface area contributed by atoms with Gasteiger partial charge in [-0.3, -0.25) is 9.69 Å². The van der Waals surface area contributed by atoms with Crippen LogP contribution in [0.1, 0.15) is 30.4 Å². The first kappa shape index (κ1) is 20.3. The fourth-order valence-electron chi connectivity index (χ4n) is 3.64. The highest BCUT2D eigenvalue weighted by Crippen LogP contribution is 2.23. The Balaban J connectivity index is 1.40. The van der Waals surface area contributed by atoms with Crippen LogP contribution < -0.4 is 15.4 Å². The number of aryl methyl sites for hydroxylation is 2. The number of sulfonamides is 1. The van der Waals surface area contributed by atoms with Gasteiger partial charge < -0.3 is 10.6 Å². The van der Waals surface area contributed by atoms with E-state index in [1.165, 1.54) is 12.0 Å². The minimum absolute atomic E-state index is 0.110. The van der Waals surface area contributed by atoms with E-state index in [0.717, 1.165) is 57.5 Å². The third-order valence-electron chi connectivity index (χ3n) is 5.23. The van der Waals surface area contributed by atoms with E-state index in [-0.39, 0.29) is 18.9 Å². The van der Waals surface area contributed by atoms with Crippen molar-refractivity contribution in [1.82, 2.24) is 20.3 Å². The summed E-state index contributed by atoms with van der Waals surface area (Å²) in [6, 6.07) is 5.37. The molecule has 1 aromatic carbocycles. The Morgan fingerprint density at radius 1 is 1.07 bits per heavy atom. The molecule has 1 saturated heterocycles. The number of hydrogen-bond acceptors (Lipinski definition) is 5. The van der Waals surface area contributed by atoms with Crippen molar-refractivity contribution in [3.63, 3.8) is 0 Å². The van der Waals surface area contributed by atoms with Crippen molar-refractivity contribution in [1.29, 1.82) is 0 Å². The Morgan fingerprint density at radius 3 is 2.59 bits per heavy atom. The maximum atomic E-state index is 12.5. The van der Waals surface area contributed by atoms with Crippen molar-refractivity contribution in [2.75, 3.05) is 45.8 Å². The van der Waals surface area contributed by atoms with Crippen molar-refractivity contribution in [2.24, 2.45) is 0 Å². The van der Waals surface area contributed by atoms with Gasteiger partial charge in [0.15, 0.2) is 0 Å². The maximum Gasteiger partial charge on any atom is 0.240 e. The number of amides is 1. The molecule has 8 heteroatoms. The second-order valence-corrected chi connectivity index (χ2v) is 8.99. The topological polar surface area (TPSA) is 90.5 Å². The molecule has 1 aliphatic heterocycles. The monoisotopic (exact) mass is 394 g/mol. The first-order chi connectivity index (χ1) is 13.0. The number of benzene rings is 1. The van der Waals surface area contributed by atoms with E-state index in [2.05, 4.69) is 20.3 Å². The fraction of sp³-hybridized carbons (Fsp3) is 0.632. The highest BCUT2D eigenvalue weighted by molar-refractivity contribution is 7.89. The molecule has 0 saturated carbocycles. The number of piperazine rings is 1. The van der Waals surface area contributed by atoms with Crippen LogP contribution in [0.25, 0.3) is 0 Å². The molecule has 1 amide bonds. The summed E-state index contributed by atoms with van der Waals surface area (Å²) in [5.74, 6) is -0.127. The summed E-state index contributed by atoms with van der Waals surface area (Å²) in [6.45, 7) is 5.49. The molecule has 0 bridgehead atoms. The Labute approximate surface area is 161 Å². The Bertz CT molecular complexity index is 745. The van der Waals surface area contributed by atoms with Crippen LogP contribution in [0, 0.1) is 0 Å². The average Bonchev–Trinajstić information content (AvgIpc) is 2.68. The van der Waals surface area contributed by atoms with E-state index < -0.39 is 10.0 Å². The molecular formula is C19H30N4O3S. The number of nitrogens with one attached hydrogen (secondary N) is 3. The lowest BCUT2D eigenvalue weighted by atomic mass is 9.92. The van der Waals surface area contributed by atoms with Crippen molar-refractivity contribution in [3.8, 4) is 0 Å². The molecule has 0 atom stereocenters. The van der Waals surface area contributed by atoms with Gasteiger partial charge in [-0.05, 0) is 48.9 Å². The van der Waals surface area contributed by atoms with Crippen LogP contribution in [0.2, 0.25) is 0 Å². The highest BCUT2D eigenvalue weighted by atomic mass is 32.2. The lowest BCUT2D eigenvalue weighted by Gasteiger charge is -2.27. The SMILES string of the molecule is O=C(CCNS(=O)(=O)c1ccc2c(c1)CCCC2)NCCN1CCNCC1. The number of carbonyl (C=O) groups excluding carboxylic acids is 1. The van der Waals surface area contributed by atoms with Gasteiger partial charge in [0.05, 0.1) is 4.90 Å². The Morgan fingerprint density at radius 2 is 1.81 bits per heavy atom. The zero-order valence-electron chi connectivity index (χ0n) is 15.8. The molecule has 7 nitrogen and oxygen atoms in total. The predicted molar refractivity (Wildman–Crippen MR) is 105 cm³/mol. The van der Waals surface area contributed by atoms with Gasteiger partial charge in [0.1, 0.15) is 0 Å². The van der Waals surface area contributed by atoms with E-state index in [4.69, 9.17) is 0 Å². The van der Waals surface area contributed by atoms with Gasteiger partial charge in [-0.25, -0.2) is 13.1 Å². The van der Waals surface area contributed by atoms with Crippen LogP contribution in [-0.4, -0.2) is 65.0 Å². The van der Waals surface area contributed by atoms with Crippen LogP contribution in [0.3, 0.4) is 0 Å². The molecule has 1 fully saturated rings. The minimum Gasteiger partial charge on any atom is -0.355 e. The van der Waals surface area contributed by atoms with Gasteiger partial charge in [0.2, 0.25) is 15.9 Å². The third kappa shape index (κ3) is 6.00.